The van der Waals surface area contributed by atoms with Gasteiger partial charge in [0, 0.05) is 33.8 Å². The molecular formula is C63H59N3O2. The Labute approximate surface area is 401 Å². The van der Waals surface area contributed by atoms with Gasteiger partial charge in [-0.1, -0.05) is 165 Å². The molecule has 0 bridgehead atoms. The van der Waals surface area contributed by atoms with Crippen molar-refractivity contribution < 1.29 is 9.15 Å². The summed E-state index contributed by atoms with van der Waals surface area (Å²) in [5, 5.41) is 1.06. The number of hydrogen-bond acceptors (Lipinski definition) is 4. The molecule has 0 amide bonds. The number of fused-ring (bicyclic) bond motifs is 2. The van der Waals surface area contributed by atoms with Gasteiger partial charge >= 0.3 is 0 Å². The van der Waals surface area contributed by atoms with Crippen molar-refractivity contribution in [3.05, 3.63) is 198 Å². The molecule has 10 rings (SSSR count). The van der Waals surface area contributed by atoms with Gasteiger partial charge in [0.25, 0.3) is 0 Å². The van der Waals surface area contributed by atoms with Gasteiger partial charge in [0.15, 0.2) is 5.58 Å². The number of benzene rings is 7. The second-order valence-electron chi connectivity index (χ2n) is 19.4. The lowest BCUT2D eigenvalue weighted by Gasteiger charge is -2.24. The predicted molar refractivity (Wildman–Crippen MR) is 283 cm³/mol. The highest BCUT2D eigenvalue weighted by atomic mass is 16.5. The molecule has 3 heterocycles. The van der Waals surface area contributed by atoms with Crippen molar-refractivity contribution in [3.63, 3.8) is 0 Å². The molecule has 0 aliphatic carbocycles. The van der Waals surface area contributed by atoms with E-state index >= 15 is 0 Å². The Morgan fingerprint density at radius 2 is 0.985 bits per heavy atom. The second-order valence-corrected chi connectivity index (χ2v) is 19.4. The van der Waals surface area contributed by atoms with Crippen LogP contribution in [0.4, 0.5) is 0 Å². The smallest absolute Gasteiger partial charge is 0.161 e. The number of aromatic nitrogens is 3. The summed E-state index contributed by atoms with van der Waals surface area (Å²) in [5.41, 5.74) is 19.0. The number of aryl methyl sites for hydroxylation is 1. The van der Waals surface area contributed by atoms with E-state index in [1.165, 1.54) is 55.8 Å². The highest BCUT2D eigenvalue weighted by Crippen LogP contribution is 2.46. The molecule has 5 heteroatoms. The van der Waals surface area contributed by atoms with E-state index in [-0.39, 0.29) is 23.7 Å². The third-order valence-electron chi connectivity index (χ3n) is 13.4. The number of nitrogens with zero attached hydrogens (tertiary/aromatic N) is 3. The highest BCUT2D eigenvalue weighted by molar-refractivity contribution is 5.97. The number of rotatable bonds is 12. The van der Waals surface area contributed by atoms with Crippen molar-refractivity contribution >= 4 is 22.0 Å². The van der Waals surface area contributed by atoms with Crippen molar-refractivity contribution in [2.75, 3.05) is 0 Å². The van der Waals surface area contributed by atoms with E-state index in [9.17, 15) is 0 Å². The van der Waals surface area contributed by atoms with Crippen LogP contribution in [0.15, 0.2) is 174 Å². The number of ether oxygens (including phenoxy) is 1. The van der Waals surface area contributed by atoms with E-state index in [4.69, 9.17) is 19.1 Å². The lowest BCUT2D eigenvalue weighted by atomic mass is 9.83. The lowest BCUT2D eigenvalue weighted by molar-refractivity contribution is 0.483. The summed E-state index contributed by atoms with van der Waals surface area (Å²) >= 11 is 0. The minimum Gasteiger partial charge on any atom is -0.457 e. The van der Waals surface area contributed by atoms with Gasteiger partial charge in [-0.05, 0) is 130 Å². The van der Waals surface area contributed by atoms with Crippen molar-refractivity contribution in [3.8, 4) is 73.4 Å². The maximum Gasteiger partial charge on any atom is 0.161 e. The van der Waals surface area contributed by atoms with Crippen LogP contribution in [-0.4, -0.2) is 14.5 Å². The minimum atomic E-state index is 0.264. The Hall–Kier alpha value is -7.50. The Bertz CT molecular complexity index is 3390. The molecule has 10 aromatic rings. The third-order valence-corrected chi connectivity index (χ3v) is 13.4. The summed E-state index contributed by atoms with van der Waals surface area (Å²) in [5.74, 6) is 4.29. The van der Waals surface area contributed by atoms with E-state index in [2.05, 4.69) is 212 Å². The van der Waals surface area contributed by atoms with Gasteiger partial charge in [-0.2, -0.15) is 0 Å². The quantitative estimate of drug-likeness (QED) is 0.123. The van der Waals surface area contributed by atoms with Gasteiger partial charge in [-0.3, -0.25) is 9.55 Å². The molecule has 338 valence electrons. The van der Waals surface area contributed by atoms with Crippen LogP contribution >= 0.6 is 0 Å². The largest absolute Gasteiger partial charge is 0.457 e. The fourth-order valence-corrected chi connectivity index (χ4v) is 9.85. The van der Waals surface area contributed by atoms with Crippen LogP contribution in [0, 0.1) is 6.92 Å². The molecule has 7 aromatic carbocycles. The average molecular weight is 890 g/mol. The molecule has 0 radical (unpaired) electrons. The molecule has 0 aliphatic rings. The number of para-hydroxylation sites is 2. The van der Waals surface area contributed by atoms with Crippen LogP contribution in [0.5, 0.6) is 11.5 Å². The Morgan fingerprint density at radius 3 is 1.56 bits per heavy atom. The van der Waals surface area contributed by atoms with Crippen LogP contribution in [0.25, 0.3) is 83.9 Å². The standard InChI is InChI=1S/C63H59N3O2/c1-38(2)52-34-47(43-20-12-10-13-21-43)35-53(39(3)4)58(52)61-42(9)51-30-31-64-59(62(51)68-61)45-24-18-26-49(32-45)67-50-27-19-25-46(33-50)63-65-56-28-16-17-29-57(56)66(63)60-54(40(5)6)36-48(37-55(60)41(7)8)44-22-14-11-15-23-44/h10-41H,1-9H3. The Balaban J connectivity index is 1.04. The summed E-state index contributed by atoms with van der Waals surface area (Å²) in [6, 6.07) is 57.9. The molecule has 0 saturated carbocycles. The van der Waals surface area contributed by atoms with Gasteiger partial charge in [-0.15, -0.1) is 0 Å². The van der Waals surface area contributed by atoms with Gasteiger partial charge in [-0.25, -0.2) is 4.98 Å². The molecule has 0 spiro atoms. The fraction of sp³-hybridized carbons (Fsp3) is 0.206. The maximum absolute atomic E-state index is 7.06. The summed E-state index contributed by atoms with van der Waals surface area (Å²) in [4.78, 5) is 10.3. The first-order chi connectivity index (χ1) is 32.9. The van der Waals surface area contributed by atoms with Crippen molar-refractivity contribution in [1.29, 1.82) is 0 Å². The van der Waals surface area contributed by atoms with E-state index in [0.29, 0.717) is 5.75 Å². The van der Waals surface area contributed by atoms with E-state index in [1.807, 2.05) is 24.4 Å². The summed E-state index contributed by atoms with van der Waals surface area (Å²) < 4.78 is 16.2. The summed E-state index contributed by atoms with van der Waals surface area (Å²) in [6.45, 7) is 20.4. The first-order valence-corrected chi connectivity index (χ1v) is 24.2. The Morgan fingerprint density at radius 1 is 0.485 bits per heavy atom. The zero-order chi connectivity index (χ0) is 47.2. The molecule has 0 saturated heterocycles. The van der Waals surface area contributed by atoms with Crippen molar-refractivity contribution in [2.24, 2.45) is 0 Å². The molecule has 5 nitrogen and oxygen atoms in total. The lowest BCUT2D eigenvalue weighted by Crippen LogP contribution is -2.09. The first-order valence-electron chi connectivity index (χ1n) is 24.2. The van der Waals surface area contributed by atoms with Gasteiger partial charge in [0.2, 0.25) is 0 Å². The molecule has 0 aliphatic heterocycles. The van der Waals surface area contributed by atoms with Gasteiger partial charge in [0.05, 0.1) is 16.7 Å². The zero-order valence-corrected chi connectivity index (χ0v) is 40.6. The van der Waals surface area contributed by atoms with E-state index in [0.717, 1.165) is 61.7 Å². The second kappa shape index (κ2) is 18.3. The summed E-state index contributed by atoms with van der Waals surface area (Å²) in [7, 11) is 0. The van der Waals surface area contributed by atoms with E-state index < -0.39 is 0 Å². The molecule has 0 fully saturated rings. The van der Waals surface area contributed by atoms with Gasteiger partial charge in [0.1, 0.15) is 28.8 Å². The average Bonchev–Trinajstić information content (AvgIpc) is 3.91. The molecule has 68 heavy (non-hydrogen) atoms. The van der Waals surface area contributed by atoms with Crippen molar-refractivity contribution in [1.82, 2.24) is 14.5 Å². The molecule has 0 atom stereocenters. The third kappa shape index (κ3) is 8.21. The van der Waals surface area contributed by atoms with Crippen molar-refractivity contribution in [2.45, 2.75) is 86.0 Å². The number of furan rings is 1. The first kappa shape index (κ1) is 44.3. The highest BCUT2D eigenvalue weighted by Gasteiger charge is 2.26. The maximum atomic E-state index is 7.06. The fourth-order valence-electron chi connectivity index (χ4n) is 9.85. The summed E-state index contributed by atoms with van der Waals surface area (Å²) in [6.07, 6.45) is 1.89. The predicted octanol–water partition coefficient (Wildman–Crippen LogP) is 18.1. The number of imidazole rings is 1. The van der Waals surface area contributed by atoms with Crippen LogP contribution in [0.2, 0.25) is 0 Å². The van der Waals surface area contributed by atoms with Crippen LogP contribution < -0.4 is 4.74 Å². The number of pyridine rings is 1. The monoisotopic (exact) mass is 889 g/mol. The normalized spacial score (nSPS) is 11.8. The Kier molecular flexibility index (Phi) is 11.9. The zero-order valence-electron chi connectivity index (χ0n) is 40.6. The molecule has 0 unspecified atom stereocenters. The van der Waals surface area contributed by atoms with Crippen LogP contribution in [0.3, 0.4) is 0 Å². The topological polar surface area (TPSA) is 53.1 Å². The van der Waals surface area contributed by atoms with Crippen LogP contribution in [0.1, 0.15) is 107 Å². The van der Waals surface area contributed by atoms with E-state index in [1.54, 1.807) is 0 Å². The van der Waals surface area contributed by atoms with Gasteiger partial charge < -0.3 is 9.15 Å². The molecular weight excluding hydrogens is 831 g/mol. The SMILES string of the molecule is Cc1c(-c2c(C(C)C)cc(-c3ccccc3)cc2C(C)C)oc2c(-c3cccc(Oc4cccc(-c5nc6ccccc6n5-c5c(C(C)C)cc(-c6ccccc6)cc5C(C)C)c4)c3)nccc12. The molecule has 3 aromatic heterocycles. The molecule has 0 N–H and O–H groups in total. The van der Waals surface area contributed by atoms with Crippen LogP contribution in [-0.2, 0) is 0 Å². The minimum absolute atomic E-state index is 0.264. The number of hydrogen-bond donors (Lipinski definition) is 0.